The normalized spacial score (nSPS) is 21.1. The van der Waals surface area contributed by atoms with Crippen LogP contribution in [0.5, 0.6) is 0 Å². The Morgan fingerprint density at radius 1 is 0.833 bits per heavy atom. The van der Waals surface area contributed by atoms with Crippen molar-refractivity contribution in [1.82, 2.24) is 0 Å². The Labute approximate surface area is 151 Å². The van der Waals surface area contributed by atoms with Crippen molar-refractivity contribution in [2.24, 2.45) is 0 Å². The molecule has 1 unspecified atom stereocenters. The fourth-order valence-electron chi connectivity index (χ4n) is 3.91. The van der Waals surface area contributed by atoms with Crippen molar-refractivity contribution in [2.75, 3.05) is 0 Å². The Hall–Kier alpha value is -0.353. The molecule has 0 spiro atoms. The van der Waals surface area contributed by atoms with E-state index in [2.05, 4.69) is 48.5 Å². The van der Waals surface area contributed by atoms with E-state index >= 15 is 0 Å². The van der Waals surface area contributed by atoms with E-state index in [1.807, 2.05) is 0 Å². The summed E-state index contributed by atoms with van der Waals surface area (Å²) in [6, 6.07) is 0. The Balaban J connectivity index is 2.45. The number of carbonyl (C=O) groups excluding carboxylic acids is 1. The lowest BCUT2D eigenvalue weighted by Gasteiger charge is -2.44. The Kier molecular flexibility index (Phi) is 7.99. The van der Waals surface area contributed by atoms with E-state index in [0.717, 1.165) is 12.8 Å². The summed E-state index contributed by atoms with van der Waals surface area (Å²) < 4.78 is 12.4. The van der Waals surface area contributed by atoms with Crippen LogP contribution in [0, 0.1) is 0 Å². The standard InChI is InChI=1S/C20H40O3Si/c1-8-9-10-11-12-13-14-15-16-17-18(21)23-24(22-17,19(2,3)4)20(5,6)7/h17H,8-16H2,1-7H3. The number of carbonyl (C=O) groups is 1. The minimum absolute atomic E-state index is 0.116. The van der Waals surface area contributed by atoms with E-state index in [4.69, 9.17) is 8.85 Å². The molecule has 1 rings (SSSR count). The molecular weight excluding hydrogens is 316 g/mol. The zero-order valence-electron chi connectivity index (χ0n) is 17.2. The van der Waals surface area contributed by atoms with Crippen LogP contribution in [0.2, 0.25) is 10.1 Å². The molecule has 0 radical (unpaired) electrons. The van der Waals surface area contributed by atoms with Gasteiger partial charge in [-0.05, 0) is 6.42 Å². The first-order valence-corrected chi connectivity index (χ1v) is 11.8. The van der Waals surface area contributed by atoms with Crippen molar-refractivity contribution >= 4 is 14.5 Å². The van der Waals surface area contributed by atoms with Crippen LogP contribution in [0.15, 0.2) is 0 Å². The smallest absolute Gasteiger partial charge is 0.413 e. The highest BCUT2D eigenvalue weighted by molar-refractivity contribution is 6.76. The van der Waals surface area contributed by atoms with Gasteiger partial charge in [-0.3, -0.25) is 4.79 Å². The molecule has 0 aliphatic carbocycles. The highest BCUT2D eigenvalue weighted by Crippen LogP contribution is 2.55. The first kappa shape index (κ1) is 21.7. The van der Waals surface area contributed by atoms with E-state index in [-0.39, 0.29) is 22.1 Å². The molecule has 142 valence electrons. The number of hydrogen-bond acceptors (Lipinski definition) is 3. The van der Waals surface area contributed by atoms with Gasteiger partial charge in [-0.2, -0.15) is 0 Å². The maximum Gasteiger partial charge on any atom is 0.413 e. The predicted molar refractivity (Wildman–Crippen MR) is 103 cm³/mol. The van der Waals surface area contributed by atoms with Crippen molar-refractivity contribution in [2.45, 2.75) is 122 Å². The zero-order chi connectivity index (χ0) is 18.4. The molecule has 0 saturated carbocycles. The third-order valence-corrected chi connectivity index (χ3v) is 10.2. The minimum atomic E-state index is -2.60. The van der Waals surface area contributed by atoms with E-state index in [0.29, 0.717) is 0 Å². The topological polar surface area (TPSA) is 35.5 Å². The fourth-order valence-corrected chi connectivity index (χ4v) is 8.55. The van der Waals surface area contributed by atoms with Crippen LogP contribution in [0.4, 0.5) is 0 Å². The Morgan fingerprint density at radius 2 is 1.29 bits per heavy atom. The average Bonchev–Trinajstić information content (AvgIpc) is 2.80. The molecule has 3 nitrogen and oxygen atoms in total. The molecule has 0 N–H and O–H groups in total. The van der Waals surface area contributed by atoms with Gasteiger partial charge >= 0.3 is 14.5 Å². The maximum absolute atomic E-state index is 12.4. The van der Waals surface area contributed by atoms with Gasteiger partial charge in [-0.25, -0.2) is 0 Å². The van der Waals surface area contributed by atoms with Gasteiger partial charge < -0.3 is 8.85 Å². The molecule has 1 fully saturated rings. The molecule has 1 aliphatic heterocycles. The van der Waals surface area contributed by atoms with Crippen LogP contribution in [0.25, 0.3) is 0 Å². The van der Waals surface area contributed by atoms with Crippen LogP contribution < -0.4 is 0 Å². The van der Waals surface area contributed by atoms with Crippen LogP contribution in [0.3, 0.4) is 0 Å². The molecule has 1 atom stereocenters. The van der Waals surface area contributed by atoms with E-state index < -0.39 is 8.56 Å². The number of rotatable bonds is 9. The molecule has 1 saturated heterocycles. The van der Waals surface area contributed by atoms with E-state index in [1.165, 1.54) is 44.9 Å². The van der Waals surface area contributed by atoms with Gasteiger partial charge in [0.2, 0.25) is 0 Å². The lowest BCUT2D eigenvalue weighted by Crippen LogP contribution is -2.54. The quantitative estimate of drug-likeness (QED) is 0.349. The van der Waals surface area contributed by atoms with Gasteiger partial charge in [0.1, 0.15) is 6.10 Å². The third-order valence-electron chi connectivity index (χ3n) is 5.11. The van der Waals surface area contributed by atoms with Gasteiger partial charge in [0.15, 0.2) is 0 Å². The monoisotopic (exact) mass is 356 g/mol. The number of unbranched alkanes of at least 4 members (excludes halogenated alkanes) is 7. The molecule has 4 heteroatoms. The molecule has 0 amide bonds. The summed E-state index contributed by atoms with van der Waals surface area (Å²) >= 11 is 0. The molecule has 1 heterocycles. The van der Waals surface area contributed by atoms with Gasteiger partial charge in [0, 0.05) is 10.1 Å². The van der Waals surface area contributed by atoms with Crippen molar-refractivity contribution in [3.8, 4) is 0 Å². The molecule has 1 aliphatic rings. The molecule has 0 aromatic carbocycles. The van der Waals surface area contributed by atoms with E-state index in [1.54, 1.807) is 0 Å². The summed E-state index contributed by atoms with van der Waals surface area (Å²) in [4.78, 5) is 12.4. The van der Waals surface area contributed by atoms with Crippen LogP contribution >= 0.6 is 0 Å². The molecule has 0 aromatic heterocycles. The van der Waals surface area contributed by atoms with Crippen molar-refractivity contribution in [3.63, 3.8) is 0 Å². The van der Waals surface area contributed by atoms with Crippen LogP contribution in [0.1, 0.15) is 106 Å². The molecule has 0 bridgehead atoms. The summed E-state index contributed by atoms with van der Waals surface area (Å²) in [6.45, 7) is 15.1. The molecular formula is C20H40O3Si. The lowest BCUT2D eigenvalue weighted by atomic mass is 10.1. The minimum Gasteiger partial charge on any atom is -0.491 e. The highest BCUT2D eigenvalue weighted by atomic mass is 28.4. The fraction of sp³-hybridized carbons (Fsp3) is 0.950. The van der Waals surface area contributed by atoms with Gasteiger partial charge in [0.25, 0.3) is 0 Å². The summed E-state index contributed by atoms with van der Waals surface area (Å²) in [7, 11) is -2.60. The second kappa shape index (κ2) is 8.84. The second-order valence-corrected chi connectivity index (χ2v) is 14.1. The third kappa shape index (κ3) is 5.32. The molecule has 0 aromatic rings. The van der Waals surface area contributed by atoms with Gasteiger partial charge in [0.05, 0.1) is 0 Å². The zero-order valence-corrected chi connectivity index (χ0v) is 18.2. The first-order valence-electron chi connectivity index (χ1n) is 9.96. The van der Waals surface area contributed by atoms with Crippen LogP contribution in [-0.4, -0.2) is 20.6 Å². The predicted octanol–water partition coefficient (Wildman–Crippen LogP) is 6.50. The summed E-state index contributed by atoms with van der Waals surface area (Å²) in [6.07, 6.45) is 10.7. The largest absolute Gasteiger partial charge is 0.491 e. The second-order valence-electron chi connectivity index (χ2n) is 9.41. The highest BCUT2D eigenvalue weighted by Gasteiger charge is 2.66. The van der Waals surface area contributed by atoms with E-state index in [9.17, 15) is 4.79 Å². The van der Waals surface area contributed by atoms with Crippen molar-refractivity contribution in [1.29, 1.82) is 0 Å². The Morgan fingerprint density at radius 3 is 1.71 bits per heavy atom. The van der Waals surface area contributed by atoms with Crippen molar-refractivity contribution in [3.05, 3.63) is 0 Å². The van der Waals surface area contributed by atoms with Crippen molar-refractivity contribution < 1.29 is 13.6 Å². The Bertz CT molecular complexity index is 379. The maximum atomic E-state index is 12.4. The SMILES string of the molecule is CCCCCCCCCCC1O[Si](C(C)(C)C)(C(C)(C)C)OC1=O. The van der Waals surface area contributed by atoms with Crippen LogP contribution in [-0.2, 0) is 13.6 Å². The summed E-state index contributed by atoms with van der Waals surface area (Å²) in [5.41, 5.74) is 0. The lowest BCUT2D eigenvalue weighted by molar-refractivity contribution is -0.136. The first-order chi connectivity index (χ1) is 11.0. The summed E-state index contributed by atoms with van der Waals surface area (Å²) in [5, 5.41) is -0.232. The average molecular weight is 357 g/mol. The van der Waals surface area contributed by atoms with Gasteiger partial charge in [-0.15, -0.1) is 0 Å². The summed E-state index contributed by atoms with van der Waals surface area (Å²) in [5.74, 6) is -0.116. The molecule has 24 heavy (non-hydrogen) atoms. The number of hydrogen-bond donors (Lipinski definition) is 0. The van der Waals surface area contributed by atoms with Gasteiger partial charge in [-0.1, -0.05) is 99.8 Å².